The number of nitrogens with zero attached hydrogens (tertiary/aromatic N) is 2. The van der Waals surface area contributed by atoms with E-state index in [4.69, 9.17) is 9.47 Å². The molecule has 2 aliphatic heterocycles. The van der Waals surface area contributed by atoms with Gasteiger partial charge >= 0.3 is 12.4 Å². The van der Waals surface area contributed by atoms with Crippen molar-refractivity contribution in [3.8, 4) is 11.5 Å². The Morgan fingerprint density at radius 2 is 1.76 bits per heavy atom. The average molecular weight is 565 g/mol. The molecule has 1 atom stereocenters. The summed E-state index contributed by atoms with van der Waals surface area (Å²) in [4.78, 5) is 18.4. The molecule has 1 unspecified atom stereocenters. The predicted molar refractivity (Wildman–Crippen MR) is 133 cm³/mol. The third-order valence-corrected chi connectivity index (χ3v) is 8.48. The molecule has 4 rings (SSSR count). The Labute approximate surface area is 215 Å². The van der Waals surface area contributed by atoms with Gasteiger partial charge in [-0.25, -0.2) is 0 Å². The SMILES string of the molecule is COc1cc(C=S2CC(=O)N=C2N2CCSCC2)ccc1OCc1ccc(C(F)(F)F)cc1C(F)(F)F. The van der Waals surface area contributed by atoms with E-state index in [0.29, 0.717) is 11.6 Å². The van der Waals surface area contributed by atoms with Gasteiger partial charge in [-0.15, -0.1) is 10.5 Å². The zero-order valence-electron chi connectivity index (χ0n) is 19.5. The molecule has 2 aliphatic rings. The summed E-state index contributed by atoms with van der Waals surface area (Å²) in [6.07, 6.45) is -9.90. The molecule has 5 nitrogen and oxygen atoms in total. The summed E-state index contributed by atoms with van der Waals surface area (Å²) >= 11 is 1.85. The van der Waals surface area contributed by atoms with Crippen LogP contribution in [0.3, 0.4) is 0 Å². The van der Waals surface area contributed by atoms with E-state index in [2.05, 4.69) is 9.89 Å². The lowest BCUT2D eigenvalue weighted by molar-refractivity contribution is -0.143. The summed E-state index contributed by atoms with van der Waals surface area (Å²) < 4.78 is 90.0. The molecule has 0 spiro atoms. The van der Waals surface area contributed by atoms with Crippen LogP contribution in [0.2, 0.25) is 0 Å². The fourth-order valence-corrected chi connectivity index (χ4v) is 6.58. The quantitative estimate of drug-likeness (QED) is 0.346. The Hall–Kier alpha value is -2.67. The highest BCUT2D eigenvalue weighted by Gasteiger charge is 2.38. The van der Waals surface area contributed by atoms with Gasteiger partial charge < -0.3 is 14.4 Å². The van der Waals surface area contributed by atoms with Gasteiger partial charge in [0.1, 0.15) is 6.61 Å². The van der Waals surface area contributed by atoms with Gasteiger partial charge in [-0.1, -0.05) is 12.1 Å². The molecule has 37 heavy (non-hydrogen) atoms. The lowest BCUT2D eigenvalue weighted by Gasteiger charge is -2.28. The molecule has 1 saturated heterocycles. The molecule has 1 amide bonds. The largest absolute Gasteiger partial charge is 0.493 e. The Bertz CT molecular complexity index is 1240. The number of methoxy groups -OCH3 is 1. The second-order valence-electron chi connectivity index (χ2n) is 8.14. The Morgan fingerprint density at radius 1 is 1.03 bits per heavy atom. The van der Waals surface area contributed by atoms with Crippen molar-refractivity contribution >= 4 is 38.7 Å². The minimum Gasteiger partial charge on any atom is -0.493 e. The second-order valence-corrected chi connectivity index (χ2v) is 11.1. The maximum atomic E-state index is 13.4. The second kappa shape index (κ2) is 11.0. The summed E-state index contributed by atoms with van der Waals surface area (Å²) in [5.74, 6) is 2.36. The number of alkyl halides is 6. The monoisotopic (exact) mass is 564 g/mol. The van der Waals surface area contributed by atoms with Crippen molar-refractivity contribution in [2.75, 3.05) is 37.5 Å². The number of amides is 1. The number of benzene rings is 2. The van der Waals surface area contributed by atoms with E-state index >= 15 is 0 Å². The number of hydrogen-bond donors (Lipinski definition) is 0. The van der Waals surface area contributed by atoms with Crippen molar-refractivity contribution < 1.29 is 40.6 Å². The summed E-state index contributed by atoms with van der Waals surface area (Å²) in [7, 11) is 0.828. The van der Waals surface area contributed by atoms with Gasteiger partial charge in [0.2, 0.25) is 0 Å². The Morgan fingerprint density at radius 3 is 2.41 bits per heavy atom. The molecule has 0 radical (unpaired) electrons. The van der Waals surface area contributed by atoms with E-state index < -0.39 is 46.1 Å². The standard InChI is InChI=1S/C24H22F6N2O3S2/c1-34-20-10-15(13-37-14-21(33)31-22(37)32-6-8-36-9-7-32)2-5-19(20)35-12-16-3-4-17(23(25,26)27)11-18(16)24(28,29)30/h2-5,10-11,13H,6-9,12,14H2,1H3. The molecule has 1 fully saturated rings. The number of carbonyl (C=O) groups excluding carboxylic acids is 1. The molecule has 2 heterocycles. The first-order valence-corrected chi connectivity index (χ1v) is 13.6. The first kappa shape index (κ1) is 27.4. The summed E-state index contributed by atoms with van der Waals surface area (Å²) in [5, 5.41) is 2.67. The van der Waals surface area contributed by atoms with Crippen molar-refractivity contribution in [3.63, 3.8) is 0 Å². The molecule has 13 heteroatoms. The summed E-state index contributed by atoms with van der Waals surface area (Å²) in [5.41, 5.74) is -2.53. The zero-order chi connectivity index (χ0) is 26.8. The van der Waals surface area contributed by atoms with Crippen LogP contribution in [-0.2, 0) is 23.8 Å². The van der Waals surface area contributed by atoms with Crippen LogP contribution in [0.15, 0.2) is 41.4 Å². The minimum absolute atomic E-state index is 0.0813. The Kier molecular flexibility index (Phi) is 8.12. The van der Waals surface area contributed by atoms with E-state index in [1.165, 1.54) is 13.2 Å². The van der Waals surface area contributed by atoms with Gasteiger partial charge in [0.25, 0.3) is 5.91 Å². The van der Waals surface area contributed by atoms with Crippen LogP contribution in [0.25, 0.3) is 0 Å². The number of amidine groups is 1. The lowest BCUT2D eigenvalue weighted by Crippen LogP contribution is -2.36. The number of aliphatic imine (C=N–C) groups is 1. The molecule has 0 aromatic heterocycles. The molecular formula is C24H22F6N2O3S2. The normalized spacial score (nSPS) is 18.8. The highest BCUT2D eigenvalue weighted by atomic mass is 32.2. The molecule has 200 valence electrons. The number of ether oxygens (including phenoxy) is 2. The highest BCUT2D eigenvalue weighted by Crippen LogP contribution is 2.38. The summed E-state index contributed by atoms with van der Waals surface area (Å²) in [6.45, 7) is 1.01. The van der Waals surface area contributed by atoms with E-state index in [-0.39, 0.29) is 29.2 Å². The van der Waals surface area contributed by atoms with Gasteiger partial charge in [0.05, 0.1) is 24.0 Å². The first-order chi connectivity index (χ1) is 17.5. The number of hydrogen-bond acceptors (Lipinski definition) is 5. The molecule has 0 saturated carbocycles. The molecule has 2 aromatic carbocycles. The van der Waals surface area contributed by atoms with Crippen LogP contribution in [0, 0.1) is 0 Å². The van der Waals surface area contributed by atoms with E-state index in [0.717, 1.165) is 35.8 Å². The van der Waals surface area contributed by atoms with Crippen LogP contribution < -0.4 is 9.47 Å². The predicted octanol–water partition coefficient (Wildman–Crippen LogP) is 5.68. The van der Waals surface area contributed by atoms with Crippen LogP contribution >= 0.6 is 22.2 Å². The van der Waals surface area contributed by atoms with Gasteiger partial charge in [0.15, 0.2) is 16.7 Å². The van der Waals surface area contributed by atoms with Crippen molar-refractivity contribution in [2.45, 2.75) is 19.0 Å². The number of thioether (sulfide) groups is 1. The maximum absolute atomic E-state index is 13.4. The van der Waals surface area contributed by atoms with Crippen molar-refractivity contribution in [1.29, 1.82) is 0 Å². The molecule has 0 bridgehead atoms. The number of carbonyl (C=O) groups is 1. The fraction of sp³-hybridized carbons (Fsp3) is 0.375. The molecule has 0 N–H and O–H groups in total. The molecule has 0 aliphatic carbocycles. The molecular weight excluding hydrogens is 542 g/mol. The van der Waals surface area contributed by atoms with Gasteiger partial charge in [-0.3, -0.25) is 4.79 Å². The molecule has 2 aromatic rings. The smallest absolute Gasteiger partial charge is 0.416 e. The zero-order valence-corrected chi connectivity index (χ0v) is 21.1. The van der Waals surface area contributed by atoms with Crippen LogP contribution in [0.4, 0.5) is 26.3 Å². The van der Waals surface area contributed by atoms with Crippen LogP contribution in [-0.4, -0.2) is 58.8 Å². The third-order valence-electron chi connectivity index (χ3n) is 5.61. The van der Waals surface area contributed by atoms with E-state index in [1.54, 1.807) is 12.1 Å². The van der Waals surface area contributed by atoms with E-state index in [1.807, 2.05) is 17.1 Å². The number of halogens is 6. The number of rotatable bonds is 5. The topological polar surface area (TPSA) is 51.1 Å². The van der Waals surface area contributed by atoms with Crippen molar-refractivity contribution in [3.05, 3.63) is 58.7 Å². The fourth-order valence-electron chi connectivity index (χ4n) is 3.82. The Balaban J connectivity index is 1.55. The highest BCUT2D eigenvalue weighted by molar-refractivity contribution is 8.28. The first-order valence-electron chi connectivity index (χ1n) is 11.0. The minimum atomic E-state index is -4.99. The maximum Gasteiger partial charge on any atom is 0.416 e. The van der Waals surface area contributed by atoms with Crippen LogP contribution in [0.1, 0.15) is 22.3 Å². The average Bonchev–Trinajstić information content (AvgIpc) is 3.22. The lowest BCUT2D eigenvalue weighted by atomic mass is 10.0. The third kappa shape index (κ3) is 6.61. The summed E-state index contributed by atoms with van der Waals surface area (Å²) in [6, 6.07) is 6.25. The van der Waals surface area contributed by atoms with Crippen LogP contribution in [0.5, 0.6) is 11.5 Å². The van der Waals surface area contributed by atoms with Gasteiger partial charge in [-0.05, 0) is 35.2 Å². The van der Waals surface area contributed by atoms with Crippen molar-refractivity contribution in [1.82, 2.24) is 4.90 Å². The van der Waals surface area contributed by atoms with E-state index in [9.17, 15) is 31.1 Å². The van der Waals surface area contributed by atoms with Gasteiger partial charge in [0, 0.05) is 30.2 Å². The van der Waals surface area contributed by atoms with Gasteiger partial charge in [-0.2, -0.15) is 43.1 Å². The van der Waals surface area contributed by atoms with Crippen molar-refractivity contribution in [2.24, 2.45) is 4.99 Å².